The molecule has 1 saturated heterocycles. The smallest absolute Gasteiger partial charge is 0.320 e. The number of nitrogens with zero attached hydrogens (tertiary/aromatic N) is 5. The number of hydrogen-bond acceptors (Lipinski definition) is 9. The van der Waals surface area contributed by atoms with E-state index in [1.807, 2.05) is 19.1 Å². The molecule has 10 heteroatoms. The third-order valence-electron chi connectivity index (χ3n) is 4.95. The Morgan fingerprint density at radius 1 is 1.30 bits per heavy atom. The summed E-state index contributed by atoms with van der Waals surface area (Å²) in [6, 6.07) is 8.33. The Morgan fingerprint density at radius 3 is 2.80 bits per heavy atom. The summed E-state index contributed by atoms with van der Waals surface area (Å²) in [5, 5.41) is 15.5. The Hall–Kier alpha value is -2.98. The first kappa shape index (κ1) is 21.7. The Balaban J connectivity index is 1.74. The zero-order chi connectivity index (χ0) is 21.3. The summed E-state index contributed by atoms with van der Waals surface area (Å²) in [4.78, 5) is 21.5. The lowest BCUT2D eigenvalue weighted by Crippen LogP contribution is -2.18. The maximum absolute atomic E-state index is 10.8. The number of rotatable bonds is 11. The monoisotopic (exact) mass is 415 g/mol. The van der Waals surface area contributed by atoms with Gasteiger partial charge in [0.1, 0.15) is 0 Å². The lowest BCUT2D eigenvalue weighted by molar-refractivity contribution is 0.257. The van der Waals surface area contributed by atoms with E-state index in [2.05, 4.69) is 37.6 Å². The molecule has 10 nitrogen and oxygen atoms in total. The standard InChI is InChI=1S/C20H29N7O3/c1-2-3-11-30-20-23-18(21)17(27(29)25-28)19(24-20)22-13-15-7-6-8-16(12-15)14-26-9-4-5-10-26/h6-8,12,29H,2-5,9-11,13-14H2,1H3,(H3,21,22,23,24). The Morgan fingerprint density at radius 2 is 2.07 bits per heavy atom. The minimum Gasteiger partial charge on any atom is -0.463 e. The van der Waals surface area contributed by atoms with Crippen LogP contribution in [0.4, 0.5) is 17.3 Å². The third-order valence-corrected chi connectivity index (χ3v) is 4.95. The van der Waals surface area contributed by atoms with Crippen LogP contribution in [0.2, 0.25) is 0 Å². The van der Waals surface area contributed by atoms with Crippen molar-refractivity contribution in [1.82, 2.24) is 14.9 Å². The highest BCUT2D eigenvalue weighted by atomic mass is 16.6. The Labute approximate surface area is 176 Å². The number of nitrogen functional groups attached to an aromatic ring is 1. The molecule has 0 bridgehead atoms. The van der Waals surface area contributed by atoms with E-state index in [1.54, 1.807) is 0 Å². The molecule has 0 unspecified atom stereocenters. The van der Waals surface area contributed by atoms with Crippen LogP contribution in [0.5, 0.6) is 6.01 Å². The summed E-state index contributed by atoms with van der Waals surface area (Å²) in [6.45, 7) is 6.11. The van der Waals surface area contributed by atoms with E-state index in [-0.39, 0.29) is 28.5 Å². The van der Waals surface area contributed by atoms with E-state index in [4.69, 9.17) is 10.5 Å². The first-order valence-electron chi connectivity index (χ1n) is 10.3. The molecular formula is C20H29N7O3. The van der Waals surface area contributed by atoms with Gasteiger partial charge in [-0.1, -0.05) is 42.8 Å². The summed E-state index contributed by atoms with van der Waals surface area (Å²) in [7, 11) is 0. The second-order valence-electron chi connectivity index (χ2n) is 7.32. The summed E-state index contributed by atoms with van der Waals surface area (Å²) < 4.78 is 5.53. The normalized spacial score (nSPS) is 13.9. The molecule has 1 aliphatic heterocycles. The minimum absolute atomic E-state index is 0.0780. The first-order chi connectivity index (χ1) is 14.6. The minimum atomic E-state index is -0.110. The highest BCUT2D eigenvalue weighted by Gasteiger charge is 2.20. The molecule has 162 valence electrons. The fraction of sp³-hybridized carbons (Fsp3) is 0.500. The lowest BCUT2D eigenvalue weighted by Gasteiger charge is -2.17. The fourth-order valence-corrected chi connectivity index (χ4v) is 3.41. The number of aromatic nitrogens is 2. The highest BCUT2D eigenvalue weighted by Crippen LogP contribution is 2.31. The van der Waals surface area contributed by atoms with Crippen LogP contribution in [-0.2, 0) is 13.1 Å². The molecule has 30 heavy (non-hydrogen) atoms. The zero-order valence-electron chi connectivity index (χ0n) is 17.3. The maximum Gasteiger partial charge on any atom is 0.320 e. The second-order valence-corrected chi connectivity index (χ2v) is 7.32. The van der Waals surface area contributed by atoms with Crippen LogP contribution >= 0.6 is 0 Å². The summed E-state index contributed by atoms with van der Waals surface area (Å²) >= 11 is 0. The second kappa shape index (κ2) is 10.7. The van der Waals surface area contributed by atoms with Crippen molar-refractivity contribution < 1.29 is 9.94 Å². The van der Waals surface area contributed by atoms with Crippen LogP contribution in [0, 0.1) is 4.91 Å². The van der Waals surface area contributed by atoms with Crippen LogP contribution in [0.1, 0.15) is 43.7 Å². The third kappa shape index (κ3) is 5.77. The zero-order valence-corrected chi connectivity index (χ0v) is 17.3. The van der Waals surface area contributed by atoms with Crippen LogP contribution in [-0.4, -0.2) is 39.8 Å². The number of nitrogens with one attached hydrogen (secondary N) is 1. The van der Waals surface area contributed by atoms with Gasteiger partial charge in [-0.25, -0.2) is 0 Å². The number of likely N-dealkylation sites (tertiary alicyclic amines) is 1. The molecule has 1 aliphatic rings. The van der Waals surface area contributed by atoms with Gasteiger partial charge in [-0.05, 0) is 43.5 Å². The fourth-order valence-electron chi connectivity index (χ4n) is 3.41. The van der Waals surface area contributed by atoms with Gasteiger partial charge in [0.15, 0.2) is 17.3 Å². The van der Waals surface area contributed by atoms with Crippen molar-refractivity contribution in [3.63, 3.8) is 0 Å². The van der Waals surface area contributed by atoms with Crippen molar-refractivity contribution in [2.75, 3.05) is 35.9 Å². The molecule has 0 saturated carbocycles. The van der Waals surface area contributed by atoms with Gasteiger partial charge in [-0.2, -0.15) is 9.97 Å². The molecule has 0 aliphatic carbocycles. The van der Waals surface area contributed by atoms with E-state index in [0.717, 1.165) is 38.0 Å². The summed E-state index contributed by atoms with van der Waals surface area (Å²) in [5.74, 6) is 0.0601. The molecule has 0 atom stereocenters. The van der Waals surface area contributed by atoms with E-state index in [0.29, 0.717) is 13.2 Å². The predicted molar refractivity (Wildman–Crippen MR) is 115 cm³/mol. The highest BCUT2D eigenvalue weighted by molar-refractivity contribution is 5.75. The Kier molecular flexibility index (Phi) is 7.75. The van der Waals surface area contributed by atoms with E-state index < -0.39 is 0 Å². The molecule has 2 aromatic rings. The number of unbranched alkanes of at least 4 members (excludes halogenated alkanes) is 1. The summed E-state index contributed by atoms with van der Waals surface area (Å²) in [6.07, 6.45) is 4.32. The van der Waals surface area contributed by atoms with Gasteiger partial charge in [-0.15, -0.1) is 4.91 Å². The topological polar surface area (TPSA) is 129 Å². The van der Waals surface area contributed by atoms with Crippen molar-refractivity contribution in [3.8, 4) is 6.01 Å². The van der Waals surface area contributed by atoms with E-state index >= 15 is 0 Å². The number of benzene rings is 1. The molecule has 0 radical (unpaired) electrons. The molecule has 0 amide bonds. The predicted octanol–water partition coefficient (Wildman–Crippen LogP) is 3.32. The van der Waals surface area contributed by atoms with Crippen LogP contribution in [0.15, 0.2) is 29.6 Å². The number of nitroso groups, excluding NO2 is 1. The first-order valence-corrected chi connectivity index (χ1v) is 10.3. The van der Waals surface area contributed by atoms with Gasteiger partial charge in [0, 0.05) is 13.1 Å². The van der Waals surface area contributed by atoms with Crippen molar-refractivity contribution in [2.24, 2.45) is 5.29 Å². The van der Waals surface area contributed by atoms with Gasteiger partial charge in [-0.3, -0.25) is 10.1 Å². The SMILES string of the molecule is CCCCOc1nc(N)c(N(O)N=O)c(NCc2cccc(CN3CCCC3)c2)n1. The van der Waals surface area contributed by atoms with Gasteiger partial charge >= 0.3 is 6.01 Å². The Bertz CT molecular complexity index is 843. The quantitative estimate of drug-likeness (QED) is 0.287. The van der Waals surface area contributed by atoms with E-state index in [1.165, 1.54) is 18.4 Å². The summed E-state index contributed by atoms with van der Waals surface area (Å²) in [5.41, 5.74) is 8.07. The van der Waals surface area contributed by atoms with Gasteiger partial charge in [0.2, 0.25) is 0 Å². The van der Waals surface area contributed by atoms with Crippen molar-refractivity contribution >= 4 is 17.3 Å². The van der Waals surface area contributed by atoms with Crippen LogP contribution in [0.25, 0.3) is 0 Å². The molecule has 1 aromatic carbocycles. The number of ether oxygens (including phenoxy) is 1. The van der Waals surface area contributed by atoms with Crippen molar-refractivity contribution in [2.45, 2.75) is 45.7 Å². The molecule has 0 spiro atoms. The lowest BCUT2D eigenvalue weighted by atomic mass is 10.1. The van der Waals surface area contributed by atoms with Crippen LogP contribution in [0.3, 0.4) is 0 Å². The largest absolute Gasteiger partial charge is 0.463 e. The van der Waals surface area contributed by atoms with Crippen molar-refractivity contribution in [3.05, 3.63) is 40.3 Å². The maximum atomic E-state index is 10.8. The number of nitrogens with two attached hydrogens (primary N) is 1. The average Bonchev–Trinajstić information content (AvgIpc) is 3.25. The molecule has 3 rings (SSSR count). The number of anilines is 3. The van der Waals surface area contributed by atoms with E-state index in [9.17, 15) is 10.1 Å². The molecule has 1 fully saturated rings. The van der Waals surface area contributed by atoms with Crippen LogP contribution < -0.4 is 21.0 Å². The molecule has 2 heterocycles. The van der Waals surface area contributed by atoms with Gasteiger partial charge in [0.05, 0.1) is 11.9 Å². The van der Waals surface area contributed by atoms with Gasteiger partial charge < -0.3 is 15.8 Å². The molecule has 1 aromatic heterocycles. The van der Waals surface area contributed by atoms with Gasteiger partial charge in [0.25, 0.3) is 0 Å². The average molecular weight is 415 g/mol. The molecule has 4 N–H and O–H groups in total. The van der Waals surface area contributed by atoms with Crippen molar-refractivity contribution in [1.29, 1.82) is 0 Å². The number of hydrogen-bond donors (Lipinski definition) is 3. The molecular weight excluding hydrogens is 386 g/mol.